The van der Waals surface area contributed by atoms with Gasteiger partial charge in [0.2, 0.25) is 5.91 Å². The molecule has 3 heterocycles. The van der Waals surface area contributed by atoms with Crippen molar-refractivity contribution in [1.29, 1.82) is 0 Å². The van der Waals surface area contributed by atoms with E-state index in [2.05, 4.69) is 49.7 Å². The van der Waals surface area contributed by atoms with E-state index in [1.807, 2.05) is 12.4 Å². The van der Waals surface area contributed by atoms with Gasteiger partial charge in [0.05, 0.1) is 0 Å². The first kappa shape index (κ1) is 15.4. The molecule has 1 atom stereocenters. The molecule has 0 bridgehead atoms. The van der Waals surface area contributed by atoms with Gasteiger partial charge in [0.25, 0.3) is 0 Å². The Bertz CT molecular complexity index is 688. The molecule has 0 saturated carbocycles. The molecule has 4 rings (SSSR count). The molecule has 1 saturated heterocycles. The molecular weight excluding hydrogens is 300 g/mol. The van der Waals surface area contributed by atoms with Gasteiger partial charge in [-0.05, 0) is 12.0 Å². The van der Waals surface area contributed by atoms with E-state index < -0.39 is 0 Å². The van der Waals surface area contributed by atoms with Crippen molar-refractivity contribution in [3.8, 4) is 0 Å². The average Bonchev–Trinajstić information content (AvgIpc) is 3.10. The molecule has 0 N–H and O–H groups in total. The van der Waals surface area contributed by atoms with Crippen LogP contribution in [0.25, 0.3) is 0 Å². The Hall–Kier alpha value is -2.14. The minimum absolute atomic E-state index is 0.112. The Balaban J connectivity index is 1.30. The van der Waals surface area contributed by atoms with Gasteiger partial charge in [0, 0.05) is 64.0 Å². The number of rotatable bonds is 3. The summed E-state index contributed by atoms with van der Waals surface area (Å²) in [4.78, 5) is 21.7. The van der Waals surface area contributed by atoms with Gasteiger partial charge in [0.1, 0.15) is 5.82 Å². The molecule has 2 aliphatic rings. The molecule has 0 aliphatic carbocycles. The van der Waals surface area contributed by atoms with Crippen LogP contribution in [0.5, 0.6) is 0 Å². The van der Waals surface area contributed by atoms with Crippen LogP contribution in [0.4, 0.5) is 0 Å². The number of aromatic nitrogens is 2. The lowest BCUT2D eigenvalue weighted by Gasteiger charge is -2.37. The molecule has 0 radical (unpaired) electrons. The summed E-state index contributed by atoms with van der Waals surface area (Å²) in [5.74, 6) is 1.49. The van der Waals surface area contributed by atoms with Gasteiger partial charge in [-0.3, -0.25) is 9.69 Å². The molecule has 2 aromatic rings. The Morgan fingerprint density at radius 1 is 1.08 bits per heavy atom. The van der Waals surface area contributed by atoms with Crippen LogP contribution in [0, 0.1) is 5.92 Å². The molecule has 1 amide bonds. The molecule has 1 fully saturated rings. The van der Waals surface area contributed by atoms with Crippen LogP contribution in [-0.4, -0.2) is 51.4 Å². The number of hydrogen-bond donors (Lipinski definition) is 0. The molecule has 1 unspecified atom stereocenters. The Labute approximate surface area is 142 Å². The van der Waals surface area contributed by atoms with Gasteiger partial charge >= 0.3 is 0 Å². The SMILES string of the molecule is O=C(C1CCn2ccnc2C1)N1CCN(Cc2ccccc2)CC1. The second-order valence-corrected chi connectivity index (χ2v) is 6.81. The van der Waals surface area contributed by atoms with Crippen molar-refractivity contribution in [1.82, 2.24) is 19.4 Å². The summed E-state index contributed by atoms with van der Waals surface area (Å²) in [5, 5.41) is 0. The number of nitrogens with zero attached hydrogens (tertiary/aromatic N) is 4. The minimum Gasteiger partial charge on any atom is -0.340 e. The van der Waals surface area contributed by atoms with Crippen LogP contribution in [0.1, 0.15) is 17.8 Å². The topological polar surface area (TPSA) is 41.4 Å². The van der Waals surface area contributed by atoms with Crippen LogP contribution in [0.15, 0.2) is 42.7 Å². The monoisotopic (exact) mass is 324 g/mol. The molecule has 126 valence electrons. The number of benzene rings is 1. The maximum atomic E-state index is 12.8. The molecule has 0 spiro atoms. The maximum absolute atomic E-state index is 12.8. The number of carbonyl (C=O) groups excluding carboxylic acids is 1. The Morgan fingerprint density at radius 3 is 2.67 bits per heavy atom. The summed E-state index contributed by atoms with van der Waals surface area (Å²) in [5.41, 5.74) is 1.34. The molecule has 5 nitrogen and oxygen atoms in total. The highest BCUT2D eigenvalue weighted by atomic mass is 16.2. The Kier molecular flexibility index (Phi) is 4.34. The number of aryl methyl sites for hydroxylation is 1. The fourth-order valence-corrected chi connectivity index (χ4v) is 3.79. The first-order valence-electron chi connectivity index (χ1n) is 8.85. The van der Waals surface area contributed by atoms with Gasteiger partial charge in [-0.1, -0.05) is 30.3 Å². The van der Waals surface area contributed by atoms with Crippen molar-refractivity contribution in [3.05, 3.63) is 54.1 Å². The average molecular weight is 324 g/mol. The van der Waals surface area contributed by atoms with Crippen molar-refractivity contribution < 1.29 is 4.79 Å². The standard InChI is InChI=1S/C19H24N4O/c24-19(17-6-8-22-9-7-20-18(22)14-17)23-12-10-21(11-13-23)15-16-4-2-1-3-5-16/h1-5,7,9,17H,6,8,10-15H2. The van der Waals surface area contributed by atoms with Crippen molar-refractivity contribution in [2.45, 2.75) is 25.9 Å². The van der Waals surface area contributed by atoms with E-state index in [4.69, 9.17) is 0 Å². The second-order valence-electron chi connectivity index (χ2n) is 6.81. The predicted molar refractivity (Wildman–Crippen MR) is 92.3 cm³/mol. The lowest BCUT2D eigenvalue weighted by atomic mass is 9.96. The van der Waals surface area contributed by atoms with E-state index >= 15 is 0 Å². The third kappa shape index (κ3) is 3.22. The van der Waals surface area contributed by atoms with Crippen LogP contribution in [0.2, 0.25) is 0 Å². The number of fused-ring (bicyclic) bond motifs is 1. The van der Waals surface area contributed by atoms with Crippen LogP contribution in [0.3, 0.4) is 0 Å². The Morgan fingerprint density at radius 2 is 1.88 bits per heavy atom. The highest BCUT2D eigenvalue weighted by Crippen LogP contribution is 2.22. The smallest absolute Gasteiger partial charge is 0.226 e. The van der Waals surface area contributed by atoms with Crippen LogP contribution >= 0.6 is 0 Å². The largest absolute Gasteiger partial charge is 0.340 e. The van der Waals surface area contributed by atoms with Crippen molar-refractivity contribution in [3.63, 3.8) is 0 Å². The minimum atomic E-state index is 0.112. The van der Waals surface area contributed by atoms with Gasteiger partial charge in [-0.2, -0.15) is 0 Å². The molecule has 5 heteroatoms. The number of amides is 1. The molecule has 2 aliphatic heterocycles. The molecule has 24 heavy (non-hydrogen) atoms. The zero-order chi connectivity index (χ0) is 16.4. The van der Waals surface area contributed by atoms with Crippen molar-refractivity contribution in [2.75, 3.05) is 26.2 Å². The number of piperazine rings is 1. The molecular formula is C19H24N4O. The number of hydrogen-bond acceptors (Lipinski definition) is 3. The third-order valence-corrected chi connectivity index (χ3v) is 5.23. The van der Waals surface area contributed by atoms with Crippen LogP contribution < -0.4 is 0 Å². The lowest BCUT2D eigenvalue weighted by Crippen LogP contribution is -2.50. The second kappa shape index (κ2) is 6.77. The lowest BCUT2D eigenvalue weighted by molar-refractivity contribution is -0.138. The maximum Gasteiger partial charge on any atom is 0.226 e. The van der Waals surface area contributed by atoms with Gasteiger partial charge in [-0.25, -0.2) is 4.98 Å². The highest BCUT2D eigenvalue weighted by Gasteiger charge is 2.30. The normalized spacial score (nSPS) is 21.5. The van der Waals surface area contributed by atoms with Gasteiger partial charge < -0.3 is 9.47 Å². The summed E-state index contributed by atoms with van der Waals surface area (Å²) in [6.07, 6.45) is 5.57. The summed E-state index contributed by atoms with van der Waals surface area (Å²) < 4.78 is 2.17. The van der Waals surface area contributed by atoms with Crippen molar-refractivity contribution >= 4 is 5.91 Å². The quantitative estimate of drug-likeness (QED) is 0.864. The zero-order valence-corrected chi connectivity index (χ0v) is 14.0. The number of imidazole rings is 1. The van der Waals surface area contributed by atoms with E-state index in [0.29, 0.717) is 5.91 Å². The van der Waals surface area contributed by atoms with Gasteiger partial charge in [-0.15, -0.1) is 0 Å². The summed E-state index contributed by atoms with van der Waals surface area (Å²) >= 11 is 0. The van der Waals surface area contributed by atoms with E-state index in [9.17, 15) is 4.79 Å². The van der Waals surface area contributed by atoms with E-state index in [0.717, 1.165) is 57.9 Å². The zero-order valence-electron chi connectivity index (χ0n) is 14.0. The van der Waals surface area contributed by atoms with E-state index in [-0.39, 0.29) is 5.92 Å². The van der Waals surface area contributed by atoms with Crippen molar-refractivity contribution in [2.24, 2.45) is 5.92 Å². The fraction of sp³-hybridized carbons (Fsp3) is 0.474. The first-order chi connectivity index (χ1) is 11.8. The molecule has 1 aromatic carbocycles. The fourth-order valence-electron chi connectivity index (χ4n) is 3.79. The summed E-state index contributed by atoms with van der Waals surface area (Å²) in [6, 6.07) is 10.6. The predicted octanol–water partition coefficient (Wildman–Crippen LogP) is 1.79. The summed E-state index contributed by atoms with van der Waals surface area (Å²) in [6.45, 7) is 5.50. The molecule has 1 aromatic heterocycles. The van der Waals surface area contributed by atoms with E-state index in [1.54, 1.807) is 0 Å². The van der Waals surface area contributed by atoms with E-state index in [1.165, 1.54) is 5.56 Å². The highest BCUT2D eigenvalue weighted by molar-refractivity contribution is 5.79. The number of carbonyl (C=O) groups is 1. The van der Waals surface area contributed by atoms with Gasteiger partial charge in [0.15, 0.2) is 0 Å². The first-order valence-corrected chi connectivity index (χ1v) is 8.85. The van der Waals surface area contributed by atoms with Crippen LogP contribution in [-0.2, 0) is 24.3 Å². The third-order valence-electron chi connectivity index (χ3n) is 5.23. The summed E-state index contributed by atoms with van der Waals surface area (Å²) in [7, 11) is 0.